The predicted octanol–water partition coefficient (Wildman–Crippen LogP) is 2.42. The molecule has 1 aromatic rings. The lowest BCUT2D eigenvalue weighted by Gasteiger charge is -2.39. The summed E-state index contributed by atoms with van der Waals surface area (Å²) in [7, 11) is 0. The third kappa shape index (κ3) is 2.13. The highest BCUT2D eigenvalue weighted by molar-refractivity contribution is 5.10. The quantitative estimate of drug-likeness (QED) is 0.791. The first-order valence-corrected chi connectivity index (χ1v) is 5.36. The first-order chi connectivity index (χ1) is 6.68. The van der Waals surface area contributed by atoms with Crippen LogP contribution in [0.5, 0.6) is 0 Å². The van der Waals surface area contributed by atoms with Gasteiger partial charge in [-0.3, -0.25) is 4.98 Å². The Bertz CT molecular complexity index is 316. The van der Waals surface area contributed by atoms with Gasteiger partial charge in [-0.15, -0.1) is 0 Å². The van der Waals surface area contributed by atoms with Gasteiger partial charge in [0, 0.05) is 17.8 Å². The third-order valence-electron chi connectivity index (χ3n) is 3.10. The molecule has 2 rings (SSSR count). The molecule has 2 heteroatoms. The lowest BCUT2D eigenvalue weighted by atomic mass is 9.78. The summed E-state index contributed by atoms with van der Waals surface area (Å²) in [6, 6.07) is 6.19. The van der Waals surface area contributed by atoms with Crippen LogP contribution in [0.1, 0.15) is 37.6 Å². The molecule has 1 fully saturated rings. The molecule has 1 saturated carbocycles. The lowest BCUT2D eigenvalue weighted by molar-refractivity contribution is 0.206. The fourth-order valence-electron chi connectivity index (χ4n) is 1.89. The van der Waals surface area contributed by atoms with Crippen molar-refractivity contribution in [1.82, 2.24) is 10.3 Å². The molecule has 0 aromatic carbocycles. The number of pyridine rings is 1. The molecule has 0 radical (unpaired) electrons. The van der Waals surface area contributed by atoms with Crippen LogP contribution in [0.2, 0.25) is 0 Å². The molecule has 14 heavy (non-hydrogen) atoms. The summed E-state index contributed by atoms with van der Waals surface area (Å²) in [6.07, 6.45) is 3.97. The van der Waals surface area contributed by atoms with Crippen molar-refractivity contribution in [3.8, 4) is 0 Å². The van der Waals surface area contributed by atoms with Crippen molar-refractivity contribution >= 4 is 0 Å². The minimum Gasteiger partial charge on any atom is -0.306 e. The fraction of sp³-hybridized carbons (Fsp3) is 0.583. The Labute approximate surface area is 85.7 Å². The number of hydrogen-bond acceptors (Lipinski definition) is 2. The molecule has 1 heterocycles. The molecule has 76 valence electrons. The molecular weight excluding hydrogens is 172 g/mol. The average Bonchev–Trinajstić information content (AvgIpc) is 2.12. The van der Waals surface area contributed by atoms with Gasteiger partial charge in [-0.2, -0.15) is 0 Å². The van der Waals surface area contributed by atoms with Gasteiger partial charge in [-0.1, -0.05) is 6.07 Å². The fourth-order valence-corrected chi connectivity index (χ4v) is 1.89. The van der Waals surface area contributed by atoms with Crippen LogP contribution in [0.3, 0.4) is 0 Å². The number of aryl methyl sites for hydroxylation is 1. The van der Waals surface area contributed by atoms with Gasteiger partial charge in [0.2, 0.25) is 0 Å². The van der Waals surface area contributed by atoms with Crippen LogP contribution < -0.4 is 5.32 Å². The summed E-state index contributed by atoms with van der Waals surface area (Å²) in [5.41, 5.74) is 2.63. The van der Waals surface area contributed by atoms with Crippen molar-refractivity contribution in [2.24, 2.45) is 0 Å². The van der Waals surface area contributed by atoms with E-state index < -0.39 is 0 Å². The van der Waals surface area contributed by atoms with E-state index >= 15 is 0 Å². The highest BCUT2D eigenvalue weighted by Crippen LogP contribution is 2.30. The summed E-state index contributed by atoms with van der Waals surface area (Å²) < 4.78 is 0. The van der Waals surface area contributed by atoms with E-state index in [0.717, 1.165) is 17.9 Å². The van der Waals surface area contributed by atoms with Crippen molar-refractivity contribution < 1.29 is 0 Å². The molecule has 1 N–H and O–H groups in total. The van der Waals surface area contributed by atoms with Gasteiger partial charge in [-0.25, -0.2) is 0 Å². The van der Waals surface area contributed by atoms with Crippen LogP contribution in [-0.4, -0.2) is 10.5 Å². The molecule has 1 aliphatic carbocycles. The van der Waals surface area contributed by atoms with Gasteiger partial charge in [0.1, 0.15) is 0 Å². The van der Waals surface area contributed by atoms with Crippen molar-refractivity contribution in [2.75, 3.05) is 0 Å². The number of nitrogens with one attached hydrogen (secondary N) is 1. The second-order valence-corrected chi connectivity index (χ2v) is 4.54. The largest absolute Gasteiger partial charge is 0.306 e. The Hall–Kier alpha value is -0.890. The van der Waals surface area contributed by atoms with E-state index in [0.29, 0.717) is 5.54 Å². The maximum atomic E-state index is 4.47. The van der Waals surface area contributed by atoms with E-state index in [2.05, 4.69) is 29.4 Å². The first kappa shape index (κ1) is 9.66. The summed E-state index contributed by atoms with van der Waals surface area (Å²) in [6.45, 7) is 5.24. The van der Waals surface area contributed by atoms with Gasteiger partial charge in [0.15, 0.2) is 0 Å². The molecule has 2 nitrogen and oxygen atoms in total. The Morgan fingerprint density at radius 2 is 2.21 bits per heavy atom. The minimum absolute atomic E-state index is 0.380. The van der Waals surface area contributed by atoms with Gasteiger partial charge >= 0.3 is 0 Å². The maximum Gasteiger partial charge on any atom is 0.0545 e. The Morgan fingerprint density at radius 1 is 1.43 bits per heavy atom. The lowest BCUT2D eigenvalue weighted by Crippen LogP contribution is -2.47. The van der Waals surface area contributed by atoms with Crippen molar-refractivity contribution in [1.29, 1.82) is 0 Å². The number of rotatable bonds is 3. The van der Waals surface area contributed by atoms with Crippen molar-refractivity contribution in [2.45, 2.75) is 45.2 Å². The topological polar surface area (TPSA) is 24.9 Å². The molecule has 0 amide bonds. The minimum atomic E-state index is 0.380. The molecular formula is C12H18N2. The molecule has 0 aliphatic heterocycles. The Balaban J connectivity index is 1.91. The summed E-state index contributed by atoms with van der Waals surface area (Å²) in [4.78, 5) is 4.47. The zero-order chi connectivity index (χ0) is 10.0. The molecule has 0 spiro atoms. The van der Waals surface area contributed by atoms with Gasteiger partial charge < -0.3 is 5.32 Å². The van der Waals surface area contributed by atoms with Crippen LogP contribution in [0, 0.1) is 6.92 Å². The van der Waals surface area contributed by atoms with Crippen LogP contribution in [0.25, 0.3) is 0 Å². The van der Waals surface area contributed by atoms with Crippen LogP contribution >= 0.6 is 0 Å². The highest BCUT2D eigenvalue weighted by atomic mass is 15.0. The monoisotopic (exact) mass is 190 g/mol. The van der Waals surface area contributed by atoms with Gasteiger partial charge in [0.05, 0.1) is 5.69 Å². The standard InChI is InChI=1S/C12H18N2/c1-10-5-3-6-11(14-10)9-13-12(2)7-4-8-12/h3,5-6,13H,4,7-9H2,1-2H3. The van der Waals surface area contributed by atoms with Gasteiger partial charge in [-0.05, 0) is 45.2 Å². The average molecular weight is 190 g/mol. The summed E-state index contributed by atoms with van der Waals surface area (Å²) in [5, 5.41) is 3.58. The number of aromatic nitrogens is 1. The molecule has 0 bridgehead atoms. The second-order valence-electron chi connectivity index (χ2n) is 4.54. The van der Waals surface area contributed by atoms with E-state index in [9.17, 15) is 0 Å². The summed E-state index contributed by atoms with van der Waals surface area (Å²) in [5.74, 6) is 0. The SMILES string of the molecule is Cc1cccc(CNC2(C)CCC2)n1. The zero-order valence-electron chi connectivity index (χ0n) is 9.01. The number of nitrogens with zero attached hydrogens (tertiary/aromatic N) is 1. The molecule has 1 aliphatic rings. The zero-order valence-corrected chi connectivity index (χ0v) is 9.01. The van der Waals surface area contributed by atoms with E-state index in [1.165, 1.54) is 19.3 Å². The van der Waals surface area contributed by atoms with Crippen molar-refractivity contribution in [3.05, 3.63) is 29.6 Å². The molecule has 0 atom stereocenters. The second kappa shape index (κ2) is 3.70. The van der Waals surface area contributed by atoms with E-state index in [1.54, 1.807) is 0 Å². The maximum absolute atomic E-state index is 4.47. The Kier molecular flexibility index (Phi) is 2.55. The van der Waals surface area contributed by atoms with E-state index in [-0.39, 0.29) is 0 Å². The third-order valence-corrected chi connectivity index (χ3v) is 3.10. The smallest absolute Gasteiger partial charge is 0.0545 e. The van der Waals surface area contributed by atoms with Crippen molar-refractivity contribution in [3.63, 3.8) is 0 Å². The van der Waals surface area contributed by atoms with Crippen LogP contribution in [0.4, 0.5) is 0 Å². The molecule has 1 aromatic heterocycles. The Morgan fingerprint density at radius 3 is 2.79 bits per heavy atom. The first-order valence-electron chi connectivity index (χ1n) is 5.36. The highest BCUT2D eigenvalue weighted by Gasteiger charge is 2.30. The predicted molar refractivity (Wildman–Crippen MR) is 58.1 cm³/mol. The van der Waals surface area contributed by atoms with Crippen LogP contribution in [-0.2, 0) is 6.54 Å². The summed E-state index contributed by atoms with van der Waals surface area (Å²) >= 11 is 0. The van der Waals surface area contributed by atoms with E-state index in [1.807, 2.05) is 13.0 Å². The van der Waals surface area contributed by atoms with E-state index in [4.69, 9.17) is 0 Å². The normalized spacial score (nSPS) is 19.0. The van der Waals surface area contributed by atoms with Crippen LogP contribution in [0.15, 0.2) is 18.2 Å². The molecule has 0 unspecified atom stereocenters. The molecule has 0 saturated heterocycles. The number of hydrogen-bond donors (Lipinski definition) is 1. The van der Waals surface area contributed by atoms with Gasteiger partial charge in [0.25, 0.3) is 0 Å².